The molecule has 1 saturated heterocycles. The first kappa shape index (κ1) is 23.7. The number of rotatable bonds is 7. The molecule has 2 fully saturated rings. The van der Waals surface area contributed by atoms with Crippen molar-refractivity contribution in [3.8, 4) is 5.69 Å². The molecule has 1 amide bonds. The third kappa shape index (κ3) is 5.40. The number of carbonyl (C=O) groups is 2. The first-order chi connectivity index (χ1) is 15.7. The highest BCUT2D eigenvalue weighted by atomic mass is 32.2. The van der Waals surface area contributed by atoms with Crippen molar-refractivity contribution >= 4 is 33.5 Å². The third-order valence-electron chi connectivity index (χ3n) is 6.22. The number of hydrogen-bond acceptors (Lipinski definition) is 6. The van der Waals surface area contributed by atoms with Crippen molar-refractivity contribution in [2.75, 3.05) is 17.3 Å². The molecule has 2 aromatic rings. The number of amides is 1. The molecule has 11 heteroatoms. The molecule has 8 nitrogen and oxygen atoms in total. The summed E-state index contributed by atoms with van der Waals surface area (Å²) in [4.78, 5) is 31.0. The lowest BCUT2D eigenvalue weighted by Crippen LogP contribution is -2.49. The Balaban J connectivity index is 1.56. The molecule has 4 rings (SSSR count). The second-order valence-electron chi connectivity index (χ2n) is 8.48. The summed E-state index contributed by atoms with van der Waals surface area (Å²) in [6, 6.07) is 5.06. The number of imidazole rings is 1. The Kier molecular flexibility index (Phi) is 7.08. The maximum atomic E-state index is 13.4. The Hall–Kier alpha value is -2.40. The number of sulfone groups is 1. The number of aromatic nitrogens is 2. The monoisotopic (exact) mass is 495 g/mol. The molecule has 178 valence electrons. The summed E-state index contributed by atoms with van der Waals surface area (Å²) < 4.78 is 38.9. The van der Waals surface area contributed by atoms with E-state index in [4.69, 9.17) is 0 Å². The summed E-state index contributed by atoms with van der Waals surface area (Å²) >= 11 is 1.10. The van der Waals surface area contributed by atoms with E-state index in [2.05, 4.69) is 4.98 Å². The third-order valence-corrected chi connectivity index (χ3v) is 8.90. The molecule has 0 bridgehead atoms. The predicted molar refractivity (Wildman–Crippen MR) is 122 cm³/mol. The van der Waals surface area contributed by atoms with Crippen LogP contribution in [0.3, 0.4) is 0 Å². The van der Waals surface area contributed by atoms with Crippen molar-refractivity contribution in [3.63, 3.8) is 0 Å². The SMILES string of the molecule is O=C(O)c1cnc(SCC(=O)N(C2CCCCC2)C2CCS(=O)(=O)C2)n1-c1ccc(F)cc1. The van der Waals surface area contributed by atoms with Crippen molar-refractivity contribution in [1.29, 1.82) is 0 Å². The molecule has 1 aromatic carbocycles. The van der Waals surface area contributed by atoms with Gasteiger partial charge in [0, 0.05) is 17.8 Å². The Morgan fingerprint density at radius 3 is 2.42 bits per heavy atom. The Morgan fingerprint density at radius 1 is 1.12 bits per heavy atom. The average Bonchev–Trinajstić information content (AvgIpc) is 3.37. The minimum Gasteiger partial charge on any atom is -0.477 e. The van der Waals surface area contributed by atoms with Gasteiger partial charge >= 0.3 is 5.97 Å². The molecular weight excluding hydrogens is 469 g/mol. The Morgan fingerprint density at radius 2 is 1.82 bits per heavy atom. The van der Waals surface area contributed by atoms with E-state index >= 15 is 0 Å². The maximum Gasteiger partial charge on any atom is 0.354 e. The lowest BCUT2D eigenvalue weighted by molar-refractivity contribution is -0.133. The van der Waals surface area contributed by atoms with Crippen molar-refractivity contribution < 1.29 is 27.5 Å². The van der Waals surface area contributed by atoms with E-state index in [1.165, 1.54) is 35.0 Å². The van der Waals surface area contributed by atoms with Gasteiger partial charge in [0.1, 0.15) is 5.82 Å². The summed E-state index contributed by atoms with van der Waals surface area (Å²) in [7, 11) is -3.15. The van der Waals surface area contributed by atoms with Gasteiger partial charge in [-0.25, -0.2) is 22.6 Å². The minimum absolute atomic E-state index is 0.00428. The zero-order valence-corrected chi connectivity index (χ0v) is 19.7. The fourth-order valence-electron chi connectivity index (χ4n) is 4.69. The van der Waals surface area contributed by atoms with Crippen LogP contribution >= 0.6 is 11.8 Å². The van der Waals surface area contributed by atoms with Gasteiger partial charge < -0.3 is 10.0 Å². The molecular formula is C22H26FN3O5S2. The van der Waals surface area contributed by atoms with E-state index in [1.54, 1.807) is 4.90 Å². The Bertz CT molecular complexity index is 1130. The van der Waals surface area contributed by atoms with Gasteiger partial charge in [-0.2, -0.15) is 0 Å². The van der Waals surface area contributed by atoms with Crippen LogP contribution in [0.25, 0.3) is 5.69 Å². The second-order valence-corrected chi connectivity index (χ2v) is 11.7. The molecule has 0 radical (unpaired) electrons. The van der Waals surface area contributed by atoms with Gasteiger partial charge in [-0.3, -0.25) is 9.36 Å². The number of aromatic carboxylic acids is 1. The quantitative estimate of drug-likeness (QED) is 0.588. The van der Waals surface area contributed by atoms with Gasteiger partial charge in [-0.15, -0.1) is 0 Å². The number of nitrogens with zero attached hydrogens (tertiary/aromatic N) is 3. The summed E-state index contributed by atoms with van der Waals surface area (Å²) in [5.41, 5.74) is 0.329. The number of carbonyl (C=O) groups excluding carboxylic acids is 1. The number of carboxylic acids is 1. The molecule has 1 unspecified atom stereocenters. The number of thioether (sulfide) groups is 1. The molecule has 1 atom stereocenters. The zero-order chi connectivity index (χ0) is 23.6. The van der Waals surface area contributed by atoms with Crippen LogP contribution in [0, 0.1) is 5.82 Å². The second kappa shape index (κ2) is 9.84. The highest BCUT2D eigenvalue weighted by molar-refractivity contribution is 7.99. The number of benzene rings is 1. The number of hydrogen-bond donors (Lipinski definition) is 1. The van der Waals surface area contributed by atoms with Crippen LogP contribution in [0.5, 0.6) is 0 Å². The van der Waals surface area contributed by atoms with Crippen molar-refractivity contribution in [2.45, 2.75) is 55.8 Å². The van der Waals surface area contributed by atoms with Crippen LogP contribution in [-0.4, -0.2) is 69.2 Å². The molecule has 1 aliphatic heterocycles. The minimum atomic E-state index is -3.15. The smallest absolute Gasteiger partial charge is 0.354 e. The normalized spacial score (nSPS) is 20.6. The van der Waals surface area contributed by atoms with Crippen LogP contribution in [0.4, 0.5) is 4.39 Å². The van der Waals surface area contributed by atoms with Gasteiger partial charge in [-0.05, 0) is 43.5 Å². The molecule has 1 aromatic heterocycles. The van der Waals surface area contributed by atoms with E-state index in [0.717, 1.165) is 43.9 Å². The van der Waals surface area contributed by atoms with E-state index < -0.39 is 21.6 Å². The molecule has 2 heterocycles. The predicted octanol–water partition coefficient (Wildman–Crippen LogP) is 3.15. The average molecular weight is 496 g/mol. The number of halogens is 1. The van der Waals surface area contributed by atoms with Crippen LogP contribution in [0.2, 0.25) is 0 Å². The molecule has 1 saturated carbocycles. The fourth-order valence-corrected chi connectivity index (χ4v) is 7.26. The Labute approximate surface area is 196 Å². The lowest BCUT2D eigenvalue weighted by atomic mass is 9.93. The van der Waals surface area contributed by atoms with Gasteiger partial charge in [-0.1, -0.05) is 31.0 Å². The van der Waals surface area contributed by atoms with Gasteiger partial charge in [0.05, 0.1) is 23.5 Å². The van der Waals surface area contributed by atoms with Crippen LogP contribution < -0.4 is 0 Å². The topological polar surface area (TPSA) is 110 Å². The maximum absolute atomic E-state index is 13.4. The summed E-state index contributed by atoms with van der Waals surface area (Å²) in [6.07, 6.45) is 6.52. The molecule has 2 aliphatic rings. The standard InChI is InChI=1S/C22H26FN3O5S2/c23-15-6-8-17(9-7-15)26-19(21(28)29)12-24-22(26)32-13-20(27)25(16-4-2-1-3-5-16)18-10-11-33(30,31)14-18/h6-9,12,16,18H,1-5,10-11,13-14H2,(H,28,29). The largest absolute Gasteiger partial charge is 0.477 e. The van der Waals surface area contributed by atoms with Crippen LogP contribution in [0.15, 0.2) is 35.6 Å². The van der Waals surface area contributed by atoms with Crippen molar-refractivity contribution in [2.24, 2.45) is 0 Å². The van der Waals surface area contributed by atoms with Crippen molar-refractivity contribution in [3.05, 3.63) is 42.0 Å². The van der Waals surface area contributed by atoms with Crippen molar-refractivity contribution in [1.82, 2.24) is 14.5 Å². The summed E-state index contributed by atoms with van der Waals surface area (Å²) in [6.45, 7) is 0. The van der Waals surface area contributed by atoms with Crippen LogP contribution in [0.1, 0.15) is 49.0 Å². The van der Waals surface area contributed by atoms with Gasteiger partial charge in [0.25, 0.3) is 0 Å². The first-order valence-electron chi connectivity index (χ1n) is 11.0. The molecule has 0 spiro atoms. The van der Waals surface area contributed by atoms with Gasteiger partial charge in [0.15, 0.2) is 20.7 Å². The van der Waals surface area contributed by atoms with Gasteiger partial charge in [0.2, 0.25) is 5.91 Å². The van der Waals surface area contributed by atoms with E-state index in [0.29, 0.717) is 17.3 Å². The lowest BCUT2D eigenvalue weighted by Gasteiger charge is -2.38. The summed E-state index contributed by atoms with van der Waals surface area (Å²) in [5.74, 6) is -1.71. The highest BCUT2D eigenvalue weighted by Crippen LogP contribution is 2.30. The highest BCUT2D eigenvalue weighted by Gasteiger charge is 2.38. The number of carboxylic acid groups (broad SMARTS) is 1. The van der Waals surface area contributed by atoms with E-state index in [1.807, 2.05) is 0 Å². The zero-order valence-electron chi connectivity index (χ0n) is 18.0. The molecule has 1 aliphatic carbocycles. The molecule has 1 N–H and O–H groups in total. The molecule has 33 heavy (non-hydrogen) atoms. The van der Waals surface area contributed by atoms with E-state index in [-0.39, 0.29) is 40.9 Å². The van der Waals surface area contributed by atoms with Crippen LogP contribution in [-0.2, 0) is 14.6 Å². The first-order valence-corrected chi connectivity index (χ1v) is 13.8. The fraction of sp³-hybridized carbons (Fsp3) is 0.500. The summed E-state index contributed by atoms with van der Waals surface area (Å²) in [5, 5.41) is 9.85. The van der Waals surface area contributed by atoms with E-state index in [9.17, 15) is 27.5 Å².